The van der Waals surface area contributed by atoms with Crippen molar-refractivity contribution < 1.29 is 0 Å². The van der Waals surface area contributed by atoms with Gasteiger partial charge in [-0.25, -0.2) is 0 Å². The number of fused-ring (bicyclic) bond motifs is 6. The van der Waals surface area contributed by atoms with E-state index in [1.165, 1.54) is 49.2 Å². The van der Waals surface area contributed by atoms with Gasteiger partial charge in [-0.05, 0) is 35.9 Å². The van der Waals surface area contributed by atoms with Gasteiger partial charge in [-0.15, -0.1) is 0 Å². The number of hydrogen-bond donors (Lipinski definition) is 1. The highest BCUT2D eigenvalue weighted by Gasteiger charge is 2.18. The van der Waals surface area contributed by atoms with Crippen LogP contribution in [0.5, 0.6) is 0 Å². The van der Waals surface area contributed by atoms with Crippen LogP contribution < -0.4 is 5.32 Å². The van der Waals surface area contributed by atoms with Crippen LogP contribution in [0.1, 0.15) is 0 Å². The molecule has 6 rings (SSSR count). The minimum Gasteiger partial charge on any atom is -0.388 e. The predicted octanol–water partition coefficient (Wildman–Crippen LogP) is 6.55. The molecule has 0 atom stereocenters. The normalized spacial score (nSPS) is 11.9. The van der Waals surface area contributed by atoms with E-state index in [4.69, 9.17) is 0 Å². The minimum atomic E-state index is 1.15. The molecule has 0 radical (unpaired) electrons. The number of rotatable bonds is 2. The second-order valence-corrected chi connectivity index (χ2v) is 7.09. The molecular weight excluding hydrogens is 328 g/mol. The number of aromatic nitrogens is 1. The van der Waals surface area contributed by atoms with Crippen LogP contribution in [0.3, 0.4) is 0 Å². The maximum atomic E-state index is 3.34. The summed E-state index contributed by atoms with van der Waals surface area (Å²) in [5.74, 6) is 0. The molecular formula is C25H18N2. The Hall–Kier alpha value is -3.52. The Morgan fingerprint density at radius 2 is 1.19 bits per heavy atom. The Bertz CT molecular complexity index is 1370. The van der Waals surface area contributed by atoms with Gasteiger partial charge in [0, 0.05) is 39.8 Å². The van der Waals surface area contributed by atoms with Crippen LogP contribution in [0, 0.1) is 0 Å². The molecule has 2 heteroatoms. The molecule has 0 unspecified atom stereocenters. The molecule has 4 aromatic carbocycles. The van der Waals surface area contributed by atoms with Crippen molar-refractivity contribution >= 4 is 43.8 Å². The molecule has 0 spiro atoms. The number of para-hydroxylation sites is 3. The summed E-state index contributed by atoms with van der Waals surface area (Å²) >= 11 is 0. The smallest absolute Gasteiger partial charge is 0.0620 e. The molecule has 0 aliphatic carbocycles. The predicted molar refractivity (Wildman–Crippen MR) is 116 cm³/mol. The molecule has 2 heterocycles. The van der Waals surface area contributed by atoms with Crippen molar-refractivity contribution in [3.63, 3.8) is 0 Å². The molecule has 0 saturated carbocycles. The third-order valence-corrected chi connectivity index (χ3v) is 5.71. The van der Waals surface area contributed by atoms with Crippen molar-refractivity contribution in [1.82, 2.24) is 4.40 Å². The summed E-state index contributed by atoms with van der Waals surface area (Å²) in [4.78, 5) is 0. The average molecular weight is 346 g/mol. The Balaban J connectivity index is 1.87. The van der Waals surface area contributed by atoms with Crippen LogP contribution in [-0.4, -0.2) is 11.4 Å². The molecule has 6 aromatic rings. The van der Waals surface area contributed by atoms with Crippen LogP contribution in [-0.2, 0) is 0 Å². The van der Waals surface area contributed by atoms with Crippen molar-refractivity contribution in [2.45, 2.75) is 0 Å². The van der Waals surface area contributed by atoms with E-state index >= 15 is 0 Å². The molecule has 1 N–H and O–H groups in total. The van der Waals surface area contributed by atoms with E-state index in [0.29, 0.717) is 0 Å². The fourth-order valence-corrected chi connectivity index (χ4v) is 4.56. The maximum absolute atomic E-state index is 3.34. The van der Waals surface area contributed by atoms with Crippen LogP contribution in [0.25, 0.3) is 49.2 Å². The van der Waals surface area contributed by atoms with Crippen LogP contribution >= 0.6 is 0 Å². The third-order valence-electron chi connectivity index (χ3n) is 5.71. The van der Waals surface area contributed by atoms with Crippen molar-refractivity contribution in [1.29, 1.82) is 0 Å². The Labute approximate surface area is 157 Å². The van der Waals surface area contributed by atoms with Gasteiger partial charge in [0.1, 0.15) is 0 Å². The van der Waals surface area contributed by atoms with Gasteiger partial charge in [0.2, 0.25) is 0 Å². The monoisotopic (exact) mass is 346 g/mol. The van der Waals surface area contributed by atoms with Crippen molar-refractivity contribution in [2.24, 2.45) is 0 Å². The largest absolute Gasteiger partial charge is 0.388 e. The molecule has 2 aromatic heterocycles. The number of nitrogens with one attached hydrogen (secondary N) is 1. The molecule has 27 heavy (non-hydrogen) atoms. The SMILES string of the molecule is CNc1ccccc1-c1cc2c3ccccc3n3c4ccccc4c(c1)c23. The fourth-order valence-electron chi connectivity index (χ4n) is 4.56. The summed E-state index contributed by atoms with van der Waals surface area (Å²) in [7, 11) is 1.98. The first kappa shape index (κ1) is 14.6. The van der Waals surface area contributed by atoms with E-state index < -0.39 is 0 Å². The molecule has 0 aliphatic rings. The first-order valence-corrected chi connectivity index (χ1v) is 9.31. The minimum absolute atomic E-state index is 1.15. The van der Waals surface area contributed by atoms with E-state index in [1.807, 2.05) is 7.05 Å². The Kier molecular flexibility index (Phi) is 2.84. The van der Waals surface area contributed by atoms with Crippen molar-refractivity contribution in [3.05, 3.63) is 84.9 Å². The van der Waals surface area contributed by atoms with Gasteiger partial charge in [-0.1, -0.05) is 54.6 Å². The van der Waals surface area contributed by atoms with Gasteiger partial charge in [-0.2, -0.15) is 0 Å². The highest BCUT2D eigenvalue weighted by Crippen LogP contribution is 2.42. The van der Waals surface area contributed by atoms with E-state index in [0.717, 1.165) is 5.69 Å². The maximum Gasteiger partial charge on any atom is 0.0620 e. The summed E-state index contributed by atoms with van der Waals surface area (Å²) in [5.41, 5.74) is 7.51. The molecule has 0 amide bonds. The molecule has 0 aliphatic heterocycles. The lowest BCUT2D eigenvalue weighted by atomic mass is 9.98. The van der Waals surface area contributed by atoms with Crippen LogP contribution in [0.2, 0.25) is 0 Å². The zero-order valence-corrected chi connectivity index (χ0v) is 15.0. The van der Waals surface area contributed by atoms with Crippen LogP contribution in [0.4, 0.5) is 5.69 Å². The van der Waals surface area contributed by atoms with E-state index in [-0.39, 0.29) is 0 Å². The quantitative estimate of drug-likeness (QED) is 0.376. The van der Waals surface area contributed by atoms with Gasteiger partial charge in [0.15, 0.2) is 0 Å². The summed E-state index contributed by atoms with van der Waals surface area (Å²) in [6.07, 6.45) is 0. The standard InChI is InChI=1S/C25H18N2/c1-26-22-11-5-2-8-17(22)16-14-20-18-9-3-6-12-23(18)27-24-13-7-4-10-19(24)21(15-16)25(20)27/h2-15,26H,1H3. The van der Waals surface area contributed by atoms with Gasteiger partial charge in [-0.3, -0.25) is 0 Å². The number of nitrogens with zero attached hydrogens (tertiary/aromatic N) is 1. The highest BCUT2D eigenvalue weighted by molar-refractivity contribution is 6.24. The van der Waals surface area contributed by atoms with Gasteiger partial charge in [0.25, 0.3) is 0 Å². The van der Waals surface area contributed by atoms with Crippen molar-refractivity contribution in [3.8, 4) is 11.1 Å². The lowest BCUT2D eigenvalue weighted by molar-refractivity contribution is 1.37. The second kappa shape index (κ2) is 5.24. The number of anilines is 1. The molecule has 128 valence electrons. The molecule has 0 fully saturated rings. The summed E-state index contributed by atoms with van der Waals surface area (Å²) in [5, 5.41) is 8.60. The van der Waals surface area contributed by atoms with Gasteiger partial charge < -0.3 is 9.72 Å². The molecule has 0 saturated heterocycles. The average Bonchev–Trinajstić information content (AvgIpc) is 3.25. The Morgan fingerprint density at radius 1 is 0.630 bits per heavy atom. The fraction of sp³-hybridized carbons (Fsp3) is 0.0400. The van der Waals surface area contributed by atoms with E-state index in [1.54, 1.807) is 0 Å². The van der Waals surface area contributed by atoms with Crippen LogP contribution in [0.15, 0.2) is 84.9 Å². The summed E-state index contributed by atoms with van der Waals surface area (Å²) < 4.78 is 2.42. The summed E-state index contributed by atoms with van der Waals surface area (Å²) in [6.45, 7) is 0. The van der Waals surface area contributed by atoms with E-state index in [9.17, 15) is 0 Å². The second-order valence-electron chi connectivity index (χ2n) is 7.09. The number of hydrogen-bond acceptors (Lipinski definition) is 1. The summed E-state index contributed by atoms with van der Waals surface area (Å²) in [6, 6.07) is 30.6. The van der Waals surface area contributed by atoms with Gasteiger partial charge >= 0.3 is 0 Å². The third kappa shape index (κ3) is 1.85. The zero-order chi connectivity index (χ0) is 18.0. The Morgan fingerprint density at radius 3 is 1.81 bits per heavy atom. The number of benzene rings is 4. The molecule has 2 nitrogen and oxygen atoms in total. The lowest BCUT2D eigenvalue weighted by Crippen LogP contribution is -1.91. The van der Waals surface area contributed by atoms with Crippen molar-refractivity contribution in [2.75, 3.05) is 12.4 Å². The highest BCUT2D eigenvalue weighted by atomic mass is 14.9. The molecule has 0 bridgehead atoms. The van der Waals surface area contributed by atoms with Gasteiger partial charge in [0.05, 0.1) is 16.6 Å². The first-order chi connectivity index (χ1) is 13.4. The topological polar surface area (TPSA) is 16.4 Å². The lowest BCUT2D eigenvalue weighted by Gasteiger charge is -2.10. The first-order valence-electron chi connectivity index (χ1n) is 9.31. The zero-order valence-electron chi connectivity index (χ0n) is 15.0. The van der Waals surface area contributed by atoms with E-state index in [2.05, 4.69) is 94.6 Å².